The number of aromatic amines is 1. The minimum absolute atomic E-state index is 0.172. The Kier molecular flexibility index (Phi) is 3.61. The Morgan fingerprint density at radius 1 is 1.32 bits per heavy atom. The van der Waals surface area contributed by atoms with E-state index < -0.39 is 5.97 Å². The molecule has 0 aliphatic carbocycles. The highest BCUT2D eigenvalue weighted by Crippen LogP contribution is 2.11. The van der Waals surface area contributed by atoms with Crippen molar-refractivity contribution >= 4 is 17.6 Å². The van der Waals surface area contributed by atoms with Gasteiger partial charge in [0.15, 0.2) is 5.69 Å². The molecule has 0 aliphatic heterocycles. The van der Waals surface area contributed by atoms with Gasteiger partial charge in [0.05, 0.1) is 5.56 Å². The molecule has 0 unspecified atom stereocenters. The van der Waals surface area contributed by atoms with Gasteiger partial charge in [0.1, 0.15) is 0 Å². The number of rotatable bonds is 4. The van der Waals surface area contributed by atoms with Gasteiger partial charge in [-0.3, -0.25) is 9.89 Å². The zero-order valence-corrected chi connectivity index (χ0v) is 10.3. The lowest BCUT2D eigenvalue weighted by Gasteiger charge is -2.03. The molecule has 19 heavy (non-hydrogen) atoms. The number of carbonyl (C=O) groups is 2. The maximum Gasteiger partial charge on any atom is 0.335 e. The normalized spacial score (nSPS) is 10.2. The molecule has 0 atom stereocenters. The van der Waals surface area contributed by atoms with Crippen LogP contribution in [0, 0.1) is 0 Å². The Morgan fingerprint density at radius 3 is 2.53 bits per heavy atom. The number of H-pyrrole nitrogens is 1. The van der Waals surface area contributed by atoms with Crippen molar-refractivity contribution in [3.8, 4) is 0 Å². The number of aryl methyl sites for hydroxylation is 1. The summed E-state index contributed by atoms with van der Waals surface area (Å²) in [6.07, 6.45) is 0.771. The number of hydrogen-bond acceptors (Lipinski definition) is 3. The largest absolute Gasteiger partial charge is 0.478 e. The van der Waals surface area contributed by atoms with Gasteiger partial charge in [-0.05, 0) is 36.8 Å². The average Bonchev–Trinajstić information content (AvgIpc) is 2.88. The number of aromatic nitrogens is 2. The maximum absolute atomic E-state index is 11.9. The van der Waals surface area contributed by atoms with Crippen molar-refractivity contribution in [2.45, 2.75) is 13.3 Å². The second-order valence-corrected chi connectivity index (χ2v) is 3.97. The molecule has 0 radical (unpaired) electrons. The van der Waals surface area contributed by atoms with Crippen molar-refractivity contribution in [3.05, 3.63) is 47.3 Å². The molecule has 0 aliphatic rings. The van der Waals surface area contributed by atoms with Crippen LogP contribution >= 0.6 is 0 Å². The Hall–Kier alpha value is -2.63. The molecule has 6 heteroatoms. The molecule has 6 nitrogen and oxygen atoms in total. The van der Waals surface area contributed by atoms with Crippen molar-refractivity contribution < 1.29 is 14.7 Å². The predicted molar refractivity (Wildman–Crippen MR) is 69.3 cm³/mol. The maximum atomic E-state index is 11.9. The van der Waals surface area contributed by atoms with E-state index in [9.17, 15) is 9.59 Å². The first-order chi connectivity index (χ1) is 9.10. The van der Waals surface area contributed by atoms with E-state index in [-0.39, 0.29) is 11.5 Å². The lowest BCUT2D eigenvalue weighted by Crippen LogP contribution is -2.12. The number of carboxylic acid groups (broad SMARTS) is 1. The van der Waals surface area contributed by atoms with Gasteiger partial charge in [0.2, 0.25) is 0 Å². The third kappa shape index (κ3) is 2.98. The van der Waals surface area contributed by atoms with Gasteiger partial charge in [-0.15, -0.1) is 0 Å². The monoisotopic (exact) mass is 259 g/mol. The van der Waals surface area contributed by atoms with E-state index in [4.69, 9.17) is 5.11 Å². The summed E-state index contributed by atoms with van der Waals surface area (Å²) in [6, 6.07) is 7.62. The molecule has 2 rings (SSSR count). The van der Waals surface area contributed by atoms with E-state index in [2.05, 4.69) is 15.5 Å². The molecule has 1 aromatic heterocycles. The summed E-state index contributed by atoms with van der Waals surface area (Å²) >= 11 is 0. The molecule has 2 aromatic rings. The predicted octanol–water partition coefficient (Wildman–Crippen LogP) is 1.92. The quantitative estimate of drug-likeness (QED) is 0.781. The van der Waals surface area contributed by atoms with Gasteiger partial charge < -0.3 is 10.4 Å². The number of aromatic carboxylic acids is 1. The highest BCUT2D eigenvalue weighted by Gasteiger charge is 2.10. The standard InChI is InChI=1S/C13H13N3O3/c1-2-9-7-11(16-15-9)12(17)14-10-5-3-8(4-6-10)13(18)19/h3-7H,2H2,1H3,(H,14,17)(H,15,16)(H,18,19). The average molecular weight is 259 g/mol. The molecule has 3 N–H and O–H groups in total. The van der Waals surface area contributed by atoms with Crippen LogP contribution in [0.25, 0.3) is 0 Å². The molecule has 0 bridgehead atoms. The third-order valence-electron chi connectivity index (χ3n) is 2.63. The van der Waals surface area contributed by atoms with Crippen LogP contribution in [0.5, 0.6) is 0 Å². The first-order valence-corrected chi connectivity index (χ1v) is 5.79. The van der Waals surface area contributed by atoms with Gasteiger partial charge >= 0.3 is 5.97 Å². The van der Waals surface area contributed by atoms with Gasteiger partial charge in [0, 0.05) is 11.4 Å². The van der Waals surface area contributed by atoms with Gasteiger partial charge in [-0.1, -0.05) is 6.92 Å². The van der Waals surface area contributed by atoms with Crippen LogP contribution in [-0.4, -0.2) is 27.2 Å². The van der Waals surface area contributed by atoms with E-state index in [1.807, 2.05) is 6.92 Å². The Bertz CT molecular complexity index is 602. The number of amides is 1. The molecule has 1 heterocycles. The van der Waals surface area contributed by atoms with Crippen LogP contribution in [0.1, 0.15) is 33.5 Å². The van der Waals surface area contributed by atoms with Gasteiger partial charge in [-0.25, -0.2) is 4.79 Å². The highest BCUT2D eigenvalue weighted by molar-refractivity contribution is 6.03. The van der Waals surface area contributed by atoms with Crippen LogP contribution in [0.15, 0.2) is 30.3 Å². The SMILES string of the molecule is CCc1cc(C(=O)Nc2ccc(C(=O)O)cc2)n[nH]1. The number of hydrogen-bond donors (Lipinski definition) is 3. The number of nitrogens with zero attached hydrogens (tertiary/aromatic N) is 1. The molecule has 0 saturated carbocycles. The molecule has 0 saturated heterocycles. The first-order valence-electron chi connectivity index (χ1n) is 5.79. The van der Waals surface area contributed by atoms with Crippen molar-refractivity contribution in [1.29, 1.82) is 0 Å². The summed E-state index contributed by atoms with van der Waals surface area (Å²) in [7, 11) is 0. The summed E-state index contributed by atoms with van der Waals surface area (Å²) in [5.41, 5.74) is 1.88. The van der Waals surface area contributed by atoms with Gasteiger partial charge in [-0.2, -0.15) is 5.10 Å². The summed E-state index contributed by atoms with van der Waals surface area (Å²) in [5, 5.41) is 18.1. The van der Waals surface area contributed by atoms with E-state index in [0.29, 0.717) is 11.4 Å². The summed E-state index contributed by atoms with van der Waals surface area (Å²) in [6.45, 7) is 1.96. The summed E-state index contributed by atoms with van der Waals surface area (Å²) in [4.78, 5) is 22.5. The lowest BCUT2D eigenvalue weighted by molar-refractivity contribution is 0.0696. The van der Waals surface area contributed by atoms with E-state index in [1.54, 1.807) is 6.07 Å². The number of nitrogens with one attached hydrogen (secondary N) is 2. The molecule has 1 amide bonds. The van der Waals surface area contributed by atoms with Crippen molar-refractivity contribution in [1.82, 2.24) is 10.2 Å². The van der Waals surface area contributed by atoms with E-state index >= 15 is 0 Å². The van der Waals surface area contributed by atoms with Crippen molar-refractivity contribution in [2.75, 3.05) is 5.32 Å². The van der Waals surface area contributed by atoms with E-state index in [0.717, 1.165) is 12.1 Å². The minimum Gasteiger partial charge on any atom is -0.478 e. The Labute approximate surface area is 109 Å². The van der Waals surface area contributed by atoms with E-state index in [1.165, 1.54) is 24.3 Å². The number of carbonyl (C=O) groups excluding carboxylic acids is 1. The Balaban J connectivity index is 2.08. The summed E-state index contributed by atoms with van der Waals surface area (Å²) in [5.74, 6) is -1.34. The zero-order valence-electron chi connectivity index (χ0n) is 10.3. The van der Waals surface area contributed by atoms with Crippen LogP contribution in [0.3, 0.4) is 0 Å². The molecular formula is C13H13N3O3. The molecule has 98 valence electrons. The van der Waals surface area contributed by atoms with Crippen molar-refractivity contribution in [3.63, 3.8) is 0 Å². The lowest BCUT2D eigenvalue weighted by atomic mass is 10.2. The smallest absolute Gasteiger partial charge is 0.335 e. The molecule has 0 spiro atoms. The molecule has 1 aromatic carbocycles. The second-order valence-electron chi connectivity index (χ2n) is 3.97. The number of carboxylic acids is 1. The minimum atomic E-state index is -1.00. The van der Waals surface area contributed by atoms with Crippen LogP contribution in [0.4, 0.5) is 5.69 Å². The van der Waals surface area contributed by atoms with Crippen LogP contribution < -0.4 is 5.32 Å². The van der Waals surface area contributed by atoms with Crippen LogP contribution in [-0.2, 0) is 6.42 Å². The highest BCUT2D eigenvalue weighted by atomic mass is 16.4. The van der Waals surface area contributed by atoms with Gasteiger partial charge in [0.25, 0.3) is 5.91 Å². The Morgan fingerprint density at radius 2 is 2.00 bits per heavy atom. The third-order valence-corrected chi connectivity index (χ3v) is 2.63. The topological polar surface area (TPSA) is 95.1 Å². The summed E-state index contributed by atoms with van der Waals surface area (Å²) < 4.78 is 0. The van der Waals surface area contributed by atoms with Crippen molar-refractivity contribution in [2.24, 2.45) is 0 Å². The fourth-order valence-electron chi connectivity index (χ4n) is 1.55. The molecule has 0 fully saturated rings. The van der Waals surface area contributed by atoms with Crippen LogP contribution in [0.2, 0.25) is 0 Å². The molecular weight excluding hydrogens is 246 g/mol. The zero-order chi connectivity index (χ0) is 13.8. The number of anilines is 1. The first kappa shape index (κ1) is 12.8. The second kappa shape index (κ2) is 5.34. The fourth-order valence-corrected chi connectivity index (χ4v) is 1.55. The number of benzene rings is 1. The fraction of sp³-hybridized carbons (Fsp3) is 0.154.